The molecule has 7 N–H and O–H groups in total. The molecule has 0 heterocycles. The number of ether oxygens (including phenoxy) is 6. The Kier molecular flexibility index (Phi) is 40.1. The molecule has 0 rings (SSSR count). The summed E-state index contributed by atoms with van der Waals surface area (Å²) in [5.41, 5.74) is 0. The second-order valence-corrected chi connectivity index (χ2v) is 36.9. The zero-order valence-electron chi connectivity index (χ0n) is 45.3. The molecule has 0 aliphatic rings. The number of nitrogens with one attached hydrogen (secondary N) is 3. The SMILES string of the molecule is C[Si](C)(COCCO)O[Si](C)(C)COCCOC(=O)CCCCCCNC(=O)N(CCCCCNC(=O)N(CCO)CCO)C(=O)NCCCCCCC(=O)OCCOC[Si](C)(C)O[Si](C)(C)COCCO. The molecule has 0 aliphatic carbocycles. The van der Waals surface area contributed by atoms with Crippen LogP contribution >= 0.6 is 0 Å². The summed E-state index contributed by atoms with van der Waals surface area (Å²) in [6.07, 6.45) is 9.82. The number of esters is 2. The van der Waals surface area contributed by atoms with Gasteiger partial charge < -0.3 is 77.9 Å². The van der Waals surface area contributed by atoms with Gasteiger partial charge in [0.2, 0.25) is 0 Å². The van der Waals surface area contributed by atoms with E-state index >= 15 is 0 Å². The van der Waals surface area contributed by atoms with Gasteiger partial charge in [-0.15, -0.1) is 0 Å². The van der Waals surface area contributed by atoms with Gasteiger partial charge in [-0.1, -0.05) is 25.7 Å². The molecule has 0 atom stereocenters. The Morgan fingerprint density at radius 2 is 0.722 bits per heavy atom. The molecule has 0 radical (unpaired) electrons. The van der Waals surface area contributed by atoms with Crippen molar-refractivity contribution >= 4 is 63.3 Å². The highest BCUT2D eigenvalue weighted by Crippen LogP contribution is 2.17. The van der Waals surface area contributed by atoms with Crippen LogP contribution in [0, 0.1) is 0 Å². The molecule has 0 aromatic heterocycles. The second-order valence-electron chi connectivity index (χ2n) is 20.0. The maximum atomic E-state index is 13.3. The third-order valence-corrected chi connectivity index (χ3v) is 22.8. The van der Waals surface area contributed by atoms with Crippen molar-refractivity contribution in [2.45, 2.75) is 136 Å². The van der Waals surface area contributed by atoms with E-state index in [2.05, 4.69) is 68.3 Å². The highest BCUT2D eigenvalue weighted by Gasteiger charge is 2.35. The predicted molar refractivity (Wildman–Crippen MR) is 284 cm³/mol. The number of amides is 6. The van der Waals surface area contributed by atoms with Gasteiger partial charge in [-0.2, -0.15) is 0 Å². The van der Waals surface area contributed by atoms with E-state index in [9.17, 15) is 34.2 Å². The van der Waals surface area contributed by atoms with Gasteiger partial charge in [-0.25, -0.2) is 19.3 Å². The lowest BCUT2D eigenvalue weighted by molar-refractivity contribution is -0.146. The maximum Gasteiger partial charge on any atom is 0.325 e. The Morgan fingerprint density at radius 3 is 1.08 bits per heavy atom. The number of aliphatic hydroxyl groups excluding tert-OH is 4. The number of hydrogen-bond acceptors (Lipinski definition) is 17. The maximum absolute atomic E-state index is 13.3. The van der Waals surface area contributed by atoms with E-state index in [0.717, 1.165) is 30.6 Å². The number of imide groups is 1. The van der Waals surface area contributed by atoms with Gasteiger partial charge in [-0.3, -0.25) is 9.59 Å². The highest BCUT2D eigenvalue weighted by molar-refractivity contribution is 6.85. The molecule has 0 spiro atoms. The molecule has 0 aromatic carbocycles. The molecule has 0 aromatic rings. The number of aliphatic hydroxyl groups is 4. The molecular weight excluding hydrogens is 1010 g/mol. The smallest absolute Gasteiger partial charge is 0.325 e. The lowest BCUT2D eigenvalue weighted by atomic mass is 10.1. The van der Waals surface area contributed by atoms with E-state index in [-0.39, 0.29) is 117 Å². The summed E-state index contributed by atoms with van der Waals surface area (Å²) in [6, 6.07) is -1.42. The number of rotatable bonds is 46. The number of carbonyl (C=O) groups excluding carboxylic acids is 5. The summed E-state index contributed by atoms with van der Waals surface area (Å²) in [4.78, 5) is 65.9. The number of hydrogen-bond donors (Lipinski definition) is 7. The summed E-state index contributed by atoms with van der Waals surface area (Å²) < 4.78 is 46.0. The molecule has 424 valence electrons. The van der Waals surface area contributed by atoms with E-state index in [0.29, 0.717) is 89.5 Å². The number of unbranched alkanes of at least 4 members (excludes halogenated alkanes) is 8. The van der Waals surface area contributed by atoms with E-state index in [1.807, 2.05) is 0 Å². The molecule has 22 nitrogen and oxygen atoms in total. The van der Waals surface area contributed by atoms with Crippen LogP contribution in [0.3, 0.4) is 0 Å². The molecule has 72 heavy (non-hydrogen) atoms. The minimum Gasteiger partial charge on any atom is -0.463 e. The van der Waals surface area contributed by atoms with Crippen molar-refractivity contribution in [1.82, 2.24) is 25.8 Å². The van der Waals surface area contributed by atoms with Crippen molar-refractivity contribution in [3.8, 4) is 0 Å². The van der Waals surface area contributed by atoms with E-state index in [4.69, 9.17) is 46.9 Å². The standard InChI is InChI=1S/C46H97N5O17Si4/c1-69(2,38-61-32-30-54)67-71(5,6)40-63-34-36-65-42(56)20-14-9-11-16-23-48-45(59)51(25-19-13-18-22-47-44(58)50(26-28-52)27-29-53)46(60)49-24-17-12-10-15-21-43(57)66-37-35-64-41-72(7,8)68-70(3,4)39-62-33-31-55/h52-55H,9-41H2,1-8H3,(H,47,58)(H,48,59)(H,49,60). The van der Waals surface area contributed by atoms with Crippen molar-refractivity contribution in [2.75, 3.05) is 130 Å². The Labute approximate surface area is 434 Å². The van der Waals surface area contributed by atoms with Gasteiger partial charge in [0.25, 0.3) is 0 Å². The van der Waals surface area contributed by atoms with Crippen molar-refractivity contribution in [3.05, 3.63) is 0 Å². The Morgan fingerprint density at radius 1 is 0.389 bits per heavy atom. The molecule has 0 saturated heterocycles. The lowest BCUT2D eigenvalue weighted by Gasteiger charge is -2.33. The molecule has 6 amide bonds. The van der Waals surface area contributed by atoms with Gasteiger partial charge in [0.15, 0.2) is 33.3 Å². The fraction of sp³-hybridized carbons (Fsp3) is 0.891. The summed E-state index contributed by atoms with van der Waals surface area (Å²) >= 11 is 0. The fourth-order valence-electron chi connectivity index (χ4n) is 7.40. The number of urea groups is 3. The van der Waals surface area contributed by atoms with Crippen LogP contribution in [0.1, 0.15) is 83.5 Å². The van der Waals surface area contributed by atoms with Gasteiger partial charge >= 0.3 is 30.0 Å². The van der Waals surface area contributed by atoms with Crippen molar-refractivity contribution in [2.24, 2.45) is 0 Å². The minimum atomic E-state index is -2.12. The van der Waals surface area contributed by atoms with Gasteiger partial charge in [0.1, 0.15) is 13.2 Å². The van der Waals surface area contributed by atoms with Crippen LogP contribution in [0.4, 0.5) is 14.4 Å². The van der Waals surface area contributed by atoms with Gasteiger partial charge in [0.05, 0.1) is 77.8 Å². The first kappa shape index (κ1) is 69.4. The largest absolute Gasteiger partial charge is 0.463 e. The molecule has 0 aliphatic heterocycles. The van der Waals surface area contributed by atoms with E-state index < -0.39 is 45.3 Å². The Bertz CT molecular complexity index is 1370. The number of carbonyl (C=O) groups is 5. The van der Waals surface area contributed by atoms with Crippen molar-refractivity contribution in [1.29, 1.82) is 0 Å². The quantitative estimate of drug-likeness (QED) is 0.0258. The first-order chi connectivity index (χ1) is 34.1. The zero-order chi connectivity index (χ0) is 54.2. The Hall–Kier alpha value is -2.58. The zero-order valence-corrected chi connectivity index (χ0v) is 49.3. The normalized spacial score (nSPS) is 12.1. The summed E-state index contributed by atoms with van der Waals surface area (Å²) in [7, 11) is -8.35. The van der Waals surface area contributed by atoms with Crippen LogP contribution in [-0.4, -0.2) is 224 Å². The third kappa shape index (κ3) is 39.8. The lowest BCUT2D eigenvalue weighted by Crippen LogP contribution is -2.50. The predicted octanol–water partition coefficient (Wildman–Crippen LogP) is 3.92. The monoisotopic (exact) mass is 1100 g/mol. The Balaban J connectivity index is 4.67. The van der Waals surface area contributed by atoms with Gasteiger partial charge in [-0.05, 0) is 97.3 Å². The first-order valence-corrected chi connectivity index (χ1v) is 38.4. The molecule has 0 bridgehead atoms. The van der Waals surface area contributed by atoms with Crippen LogP contribution < -0.4 is 16.0 Å². The van der Waals surface area contributed by atoms with Crippen LogP contribution in [0.2, 0.25) is 52.4 Å². The second kappa shape index (κ2) is 41.6. The molecule has 0 unspecified atom stereocenters. The average Bonchev–Trinajstić information content (AvgIpc) is 3.29. The summed E-state index contributed by atoms with van der Waals surface area (Å²) in [5, 5.41) is 44.8. The van der Waals surface area contributed by atoms with Gasteiger partial charge in [0, 0.05) is 52.1 Å². The molecule has 0 saturated carbocycles. The third-order valence-electron chi connectivity index (χ3n) is 10.4. The van der Waals surface area contributed by atoms with Crippen LogP contribution in [0.15, 0.2) is 0 Å². The summed E-state index contributed by atoms with van der Waals surface area (Å²) in [6.45, 7) is 19.0. The van der Waals surface area contributed by atoms with Crippen LogP contribution in [-0.2, 0) is 46.2 Å². The molecular formula is C46H97N5O17Si4. The number of nitrogens with zero attached hydrogens (tertiary/aromatic N) is 2. The van der Waals surface area contributed by atoms with Crippen molar-refractivity contribution < 1.29 is 81.1 Å². The van der Waals surface area contributed by atoms with E-state index in [1.54, 1.807) is 0 Å². The molecule has 0 fully saturated rings. The average molecular weight is 1100 g/mol. The first-order valence-electron chi connectivity index (χ1n) is 25.9. The van der Waals surface area contributed by atoms with Crippen LogP contribution in [0.5, 0.6) is 0 Å². The van der Waals surface area contributed by atoms with E-state index in [1.165, 1.54) is 4.90 Å². The fourth-order valence-corrected chi connectivity index (χ4v) is 22.8. The highest BCUT2D eigenvalue weighted by atomic mass is 28.4. The minimum absolute atomic E-state index is 0.0227. The summed E-state index contributed by atoms with van der Waals surface area (Å²) in [5.74, 6) is -0.593. The van der Waals surface area contributed by atoms with Crippen molar-refractivity contribution in [3.63, 3.8) is 0 Å². The topological polar surface area (TPSA) is 283 Å². The van der Waals surface area contributed by atoms with Crippen LogP contribution in [0.25, 0.3) is 0 Å². The molecule has 26 heteroatoms.